The van der Waals surface area contributed by atoms with Gasteiger partial charge in [0.1, 0.15) is 17.9 Å². The molecule has 0 radical (unpaired) electrons. The molecule has 0 atom stereocenters. The van der Waals surface area contributed by atoms with Gasteiger partial charge in [-0.25, -0.2) is 4.79 Å². The maximum Gasteiger partial charge on any atom is 0.339 e. The van der Waals surface area contributed by atoms with E-state index in [-0.39, 0.29) is 12.2 Å². The highest BCUT2D eigenvalue weighted by atomic mass is 16.5. The van der Waals surface area contributed by atoms with E-state index in [1.807, 2.05) is 0 Å². The first-order chi connectivity index (χ1) is 7.25. The number of carbonyl (C=O) groups is 1. The van der Waals surface area contributed by atoms with E-state index in [0.717, 1.165) is 0 Å². The molecule has 0 aliphatic heterocycles. The minimum atomic E-state index is -1.01. The molecule has 0 amide bonds. The first kappa shape index (κ1) is 10.9. The number of carboxylic acid groups (broad SMARTS) is 1. The lowest BCUT2D eigenvalue weighted by molar-refractivity contribution is 0.0693. The molecule has 0 aliphatic carbocycles. The molecule has 0 unspecified atom stereocenters. The summed E-state index contributed by atoms with van der Waals surface area (Å²) >= 11 is 0. The number of para-hydroxylation sites is 1. The summed E-state index contributed by atoms with van der Waals surface area (Å²) in [5.74, 6) is 1.65. The SMILES string of the molecule is C#C/C=C\COc1ccccc1C(=O)O. The molecule has 3 nitrogen and oxygen atoms in total. The van der Waals surface area contributed by atoms with Crippen LogP contribution < -0.4 is 4.74 Å². The van der Waals surface area contributed by atoms with Crippen LogP contribution in [0.1, 0.15) is 10.4 Å². The first-order valence-corrected chi connectivity index (χ1v) is 4.32. The predicted molar refractivity (Wildman–Crippen MR) is 56.9 cm³/mol. The van der Waals surface area contributed by atoms with Crippen molar-refractivity contribution in [2.24, 2.45) is 0 Å². The topological polar surface area (TPSA) is 46.5 Å². The van der Waals surface area contributed by atoms with Crippen LogP contribution in [0.25, 0.3) is 0 Å². The molecule has 3 heteroatoms. The van der Waals surface area contributed by atoms with Gasteiger partial charge in [-0.15, -0.1) is 6.42 Å². The van der Waals surface area contributed by atoms with Crippen LogP contribution in [0.5, 0.6) is 5.75 Å². The highest BCUT2D eigenvalue weighted by molar-refractivity contribution is 5.90. The van der Waals surface area contributed by atoms with Crippen molar-refractivity contribution in [3.63, 3.8) is 0 Å². The van der Waals surface area contributed by atoms with E-state index in [1.54, 1.807) is 24.3 Å². The van der Waals surface area contributed by atoms with Crippen LogP contribution in [0, 0.1) is 12.3 Å². The minimum Gasteiger partial charge on any atom is -0.489 e. The lowest BCUT2D eigenvalue weighted by Gasteiger charge is -2.05. The lowest BCUT2D eigenvalue weighted by atomic mass is 10.2. The molecule has 0 heterocycles. The van der Waals surface area contributed by atoms with Crippen LogP contribution in [0.2, 0.25) is 0 Å². The highest BCUT2D eigenvalue weighted by Gasteiger charge is 2.08. The van der Waals surface area contributed by atoms with Gasteiger partial charge in [0, 0.05) is 0 Å². The van der Waals surface area contributed by atoms with Gasteiger partial charge in [-0.2, -0.15) is 0 Å². The van der Waals surface area contributed by atoms with E-state index in [0.29, 0.717) is 5.75 Å². The maximum atomic E-state index is 10.8. The monoisotopic (exact) mass is 202 g/mol. The third-order valence-electron chi connectivity index (χ3n) is 1.67. The van der Waals surface area contributed by atoms with Gasteiger partial charge in [0.05, 0.1) is 0 Å². The maximum absolute atomic E-state index is 10.8. The van der Waals surface area contributed by atoms with Crippen molar-refractivity contribution in [1.82, 2.24) is 0 Å². The van der Waals surface area contributed by atoms with E-state index >= 15 is 0 Å². The highest BCUT2D eigenvalue weighted by Crippen LogP contribution is 2.17. The van der Waals surface area contributed by atoms with Gasteiger partial charge in [-0.3, -0.25) is 0 Å². The zero-order valence-corrected chi connectivity index (χ0v) is 8.01. The van der Waals surface area contributed by atoms with Gasteiger partial charge < -0.3 is 9.84 Å². The van der Waals surface area contributed by atoms with Crippen molar-refractivity contribution in [3.05, 3.63) is 42.0 Å². The van der Waals surface area contributed by atoms with Gasteiger partial charge >= 0.3 is 5.97 Å². The molecule has 0 aromatic heterocycles. The summed E-state index contributed by atoms with van der Waals surface area (Å²) in [5, 5.41) is 8.84. The molecule has 0 aliphatic rings. The smallest absolute Gasteiger partial charge is 0.339 e. The molecule has 0 saturated carbocycles. The van der Waals surface area contributed by atoms with E-state index in [9.17, 15) is 4.79 Å². The fourth-order valence-electron chi connectivity index (χ4n) is 1.02. The standard InChI is InChI=1S/C12H10O3/c1-2-3-6-9-15-11-8-5-4-7-10(11)12(13)14/h1,3-8H,9H2,(H,13,14)/b6-3-. The number of carboxylic acids is 1. The molecular formula is C12H10O3. The number of benzene rings is 1. The van der Waals surface area contributed by atoms with Crippen molar-refractivity contribution in [2.45, 2.75) is 0 Å². The second-order valence-electron chi connectivity index (χ2n) is 2.68. The molecule has 0 bridgehead atoms. The van der Waals surface area contributed by atoms with Gasteiger partial charge in [-0.1, -0.05) is 18.1 Å². The van der Waals surface area contributed by atoms with E-state index in [4.69, 9.17) is 16.3 Å². The van der Waals surface area contributed by atoms with E-state index < -0.39 is 5.97 Å². The summed E-state index contributed by atoms with van der Waals surface area (Å²) in [4.78, 5) is 10.8. The summed E-state index contributed by atoms with van der Waals surface area (Å²) in [7, 11) is 0. The number of allylic oxidation sites excluding steroid dienone is 1. The number of ether oxygens (including phenoxy) is 1. The summed E-state index contributed by atoms with van der Waals surface area (Å²) in [6.07, 6.45) is 8.14. The Morgan fingerprint density at radius 3 is 2.93 bits per heavy atom. The number of hydrogen-bond donors (Lipinski definition) is 1. The van der Waals surface area contributed by atoms with Crippen LogP contribution >= 0.6 is 0 Å². The van der Waals surface area contributed by atoms with Crippen molar-refractivity contribution in [3.8, 4) is 18.1 Å². The Bertz CT molecular complexity index is 413. The van der Waals surface area contributed by atoms with Gasteiger partial charge in [-0.05, 0) is 24.3 Å². The second-order valence-corrected chi connectivity index (χ2v) is 2.68. The Morgan fingerprint density at radius 1 is 1.53 bits per heavy atom. The summed E-state index contributed by atoms with van der Waals surface area (Å²) in [5.41, 5.74) is 0.145. The molecule has 1 aromatic carbocycles. The van der Waals surface area contributed by atoms with Crippen molar-refractivity contribution < 1.29 is 14.6 Å². The number of hydrogen-bond acceptors (Lipinski definition) is 2. The largest absolute Gasteiger partial charge is 0.489 e. The average Bonchev–Trinajstić information content (AvgIpc) is 2.25. The molecule has 0 saturated heterocycles. The first-order valence-electron chi connectivity index (χ1n) is 4.32. The lowest BCUT2D eigenvalue weighted by Crippen LogP contribution is -2.02. The Hall–Kier alpha value is -2.21. The average molecular weight is 202 g/mol. The number of terminal acetylenes is 1. The Kier molecular flexibility index (Phi) is 3.99. The van der Waals surface area contributed by atoms with Gasteiger partial charge in [0.2, 0.25) is 0 Å². The fraction of sp³-hybridized carbons (Fsp3) is 0.0833. The zero-order chi connectivity index (χ0) is 11.1. The Labute approximate surface area is 88.0 Å². The van der Waals surface area contributed by atoms with Crippen LogP contribution in [-0.4, -0.2) is 17.7 Å². The third-order valence-corrected chi connectivity index (χ3v) is 1.67. The molecule has 0 fully saturated rings. The van der Waals surface area contributed by atoms with Gasteiger partial charge in [0.25, 0.3) is 0 Å². The molecule has 15 heavy (non-hydrogen) atoms. The van der Waals surface area contributed by atoms with Crippen molar-refractivity contribution >= 4 is 5.97 Å². The quantitative estimate of drug-likeness (QED) is 0.759. The van der Waals surface area contributed by atoms with Crippen LogP contribution in [0.3, 0.4) is 0 Å². The summed E-state index contributed by atoms with van der Waals surface area (Å²) < 4.78 is 5.24. The van der Waals surface area contributed by atoms with Gasteiger partial charge in [0.15, 0.2) is 0 Å². The predicted octanol–water partition coefficient (Wildman–Crippen LogP) is 1.95. The van der Waals surface area contributed by atoms with Crippen LogP contribution in [0.4, 0.5) is 0 Å². The van der Waals surface area contributed by atoms with Crippen molar-refractivity contribution in [1.29, 1.82) is 0 Å². The fourth-order valence-corrected chi connectivity index (χ4v) is 1.02. The molecule has 76 valence electrons. The zero-order valence-electron chi connectivity index (χ0n) is 8.01. The summed E-state index contributed by atoms with van der Waals surface area (Å²) in [6.45, 7) is 0.258. The normalized spacial score (nSPS) is 9.80. The van der Waals surface area contributed by atoms with E-state index in [2.05, 4.69) is 5.92 Å². The summed E-state index contributed by atoms with van der Waals surface area (Å²) in [6, 6.07) is 6.45. The molecule has 0 spiro atoms. The molecule has 1 aromatic rings. The van der Waals surface area contributed by atoms with E-state index in [1.165, 1.54) is 12.1 Å². The second kappa shape index (κ2) is 5.51. The van der Waals surface area contributed by atoms with Crippen LogP contribution in [-0.2, 0) is 0 Å². The van der Waals surface area contributed by atoms with Crippen molar-refractivity contribution in [2.75, 3.05) is 6.61 Å². The Balaban J connectivity index is 2.73. The molecule has 1 N–H and O–H groups in total. The van der Waals surface area contributed by atoms with Crippen LogP contribution in [0.15, 0.2) is 36.4 Å². The number of aromatic carboxylic acids is 1. The Morgan fingerprint density at radius 2 is 2.27 bits per heavy atom. The third kappa shape index (κ3) is 3.20. The number of rotatable bonds is 4. The molecule has 1 rings (SSSR count). The minimum absolute atomic E-state index is 0.145. The molecular weight excluding hydrogens is 192 g/mol.